The SMILES string of the molecule is CCC(C)c1ccc(NC(N)=N[C@H]2C[C@@H]2C(F)F)cc1. The fraction of sp³-hybridized carbons (Fsp3) is 0.533. The molecule has 1 aromatic carbocycles. The molecule has 3 atom stereocenters. The molecule has 1 saturated carbocycles. The number of guanidine groups is 1. The summed E-state index contributed by atoms with van der Waals surface area (Å²) in [6.45, 7) is 4.33. The van der Waals surface area contributed by atoms with Gasteiger partial charge in [0.25, 0.3) is 0 Å². The van der Waals surface area contributed by atoms with Crippen LogP contribution in [0.4, 0.5) is 14.5 Å². The molecule has 0 saturated heterocycles. The van der Waals surface area contributed by atoms with Crippen molar-refractivity contribution in [2.45, 2.75) is 45.1 Å². The average molecular weight is 281 g/mol. The van der Waals surface area contributed by atoms with E-state index in [1.54, 1.807) is 0 Å². The molecule has 1 unspecified atom stereocenters. The van der Waals surface area contributed by atoms with Gasteiger partial charge in [0.05, 0.1) is 6.04 Å². The van der Waals surface area contributed by atoms with Gasteiger partial charge in [0.15, 0.2) is 5.96 Å². The molecule has 1 aromatic rings. The predicted molar refractivity (Wildman–Crippen MR) is 78.3 cm³/mol. The van der Waals surface area contributed by atoms with Gasteiger partial charge in [-0.05, 0) is 36.5 Å². The number of hydrogen-bond acceptors (Lipinski definition) is 1. The van der Waals surface area contributed by atoms with Gasteiger partial charge in [-0.3, -0.25) is 0 Å². The van der Waals surface area contributed by atoms with E-state index in [9.17, 15) is 8.78 Å². The number of anilines is 1. The van der Waals surface area contributed by atoms with Crippen LogP contribution in [0.1, 0.15) is 38.2 Å². The maximum absolute atomic E-state index is 12.4. The number of nitrogens with two attached hydrogens (primary N) is 1. The molecule has 1 aliphatic carbocycles. The van der Waals surface area contributed by atoms with Gasteiger partial charge in [-0.2, -0.15) is 0 Å². The third-order valence-electron chi connectivity index (χ3n) is 3.80. The molecular formula is C15H21F2N3. The van der Waals surface area contributed by atoms with Crippen LogP contribution in [0.15, 0.2) is 29.3 Å². The van der Waals surface area contributed by atoms with E-state index in [1.807, 2.05) is 24.3 Å². The first-order valence-electron chi connectivity index (χ1n) is 6.99. The molecule has 0 aromatic heterocycles. The molecule has 20 heavy (non-hydrogen) atoms. The highest BCUT2D eigenvalue weighted by atomic mass is 19.3. The van der Waals surface area contributed by atoms with Crippen molar-refractivity contribution in [3.8, 4) is 0 Å². The van der Waals surface area contributed by atoms with Gasteiger partial charge in [0, 0.05) is 11.6 Å². The smallest absolute Gasteiger partial charge is 0.243 e. The number of nitrogens with zero attached hydrogens (tertiary/aromatic N) is 1. The monoisotopic (exact) mass is 281 g/mol. The zero-order chi connectivity index (χ0) is 14.7. The van der Waals surface area contributed by atoms with E-state index in [1.165, 1.54) is 5.56 Å². The molecule has 0 heterocycles. The molecule has 0 aliphatic heterocycles. The summed E-state index contributed by atoms with van der Waals surface area (Å²) in [6, 6.07) is 7.62. The van der Waals surface area contributed by atoms with Gasteiger partial charge in [0.2, 0.25) is 6.43 Å². The highest BCUT2D eigenvalue weighted by Gasteiger charge is 2.44. The van der Waals surface area contributed by atoms with Gasteiger partial charge in [-0.15, -0.1) is 0 Å². The van der Waals surface area contributed by atoms with E-state index >= 15 is 0 Å². The van der Waals surface area contributed by atoms with Crippen LogP contribution < -0.4 is 11.1 Å². The fourth-order valence-electron chi connectivity index (χ4n) is 2.11. The summed E-state index contributed by atoms with van der Waals surface area (Å²) in [4.78, 5) is 4.06. The first kappa shape index (κ1) is 14.8. The Hall–Kier alpha value is -1.65. The van der Waals surface area contributed by atoms with Crippen molar-refractivity contribution in [1.29, 1.82) is 0 Å². The summed E-state index contributed by atoms with van der Waals surface area (Å²) in [5.74, 6) is 0.103. The van der Waals surface area contributed by atoms with E-state index in [4.69, 9.17) is 5.73 Å². The molecule has 0 bridgehead atoms. The lowest BCUT2D eigenvalue weighted by Gasteiger charge is -2.10. The first-order valence-corrected chi connectivity index (χ1v) is 6.99. The van der Waals surface area contributed by atoms with Crippen molar-refractivity contribution in [2.24, 2.45) is 16.6 Å². The first-order chi connectivity index (χ1) is 9.51. The van der Waals surface area contributed by atoms with E-state index in [0.29, 0.717) is 12.3 Å². The van der Waals surface area contributed by atoms with Crippen molar-refractivity contribution in [3.05, 3.63) is 29.8 Å². The van der Waals surface area contributed by atoms with E-state index in [0.717, 1.165) is 12.1 Å². The van der Waals surface area contributed by atoms with Crippen LogP contribution in [0.25, 0.3) is 0 Å². The summed E-state index contributed by atoms with van der Waals surface area (Å²) in [5, 5.41) is 2.94. The Kier molecular flexibility index (Phi) is 4.57. The molecule has 0 radical (unpaired) electrons. The van der Waals surface area contributed by atoms with Gasteiger partial charge >= 0.3 is 0 Å². The zero-order valence-electron chi connectivity index (χ0n) is 11.8. The van der Waals surface area contributed by atoms with Crippen molar-refractivity contribution < 1.29 is 8.78 Å². The van der Waals surface area contributed by atoms with Gasteiger partial charge < -0.3 is 11.1 Å². The average Bonchev–Trinajstić information content (AvgIpc) is 3.18. The standard InChI is InChI=1S/C15H21F2N3/c1-3-9(2)10-4-6-11(7-5-10)19-15(18)20-13-8-12(13)14(16)17/h4-7,9,12-14H,3,8H2,1-2H3,(H3,18,19,20)/t9?,12-,13-/m0/s1. The lowest BCUT2D eigenvalue weighted by Crippen LogP contribution is -2.23. The Morgan fingerprint density at radius 3 is 2.55 bits per heavy atom. The van der Waals surface area contributed by atoms with Crippen molar-refractivity contribution in [1.82, 2.24) is 0 Å². The number of hydrogen-bond donors (Lipinski definition) is 2. The second-order valence-corrected chi connectivity index (χ2v) is 5.37. The van der Waals surface area contributed by atoms with Crippen molar-refractivity contribution in [3.63, 3.8) is 0 Å². The molecule has 1 fully saturated rings. The Morgan fingerprint density at radius 1 is 1.40 bits per heavy atom. The highest BCUT2D eigenvalue weighted by molar-refractivity contribution is 5.92. The van der Waals surface area contributed by atoms with Gasteiger partial charge in [0.1, 0.15) is 0 Å². The molecule has 3 N–H and O–H groups in total. The predicted octanol–water partition coefficient (Wildman–Crippen LogP) is 3.58. The third-order valence-corrected chi connectivity index (χ3v) is 3.80. The summed E-state index contributed by atoms with van der Waals surface area (Å²) >= 11 is 0. The van der Waals surface area contributed by atoms with Gasteiger partial charge in [-0.1, -0.05) is 26.0 Å². The molecule has 2 rings (SSSR count). The van der Waals surface area contributed by atoms with Crippen molar-refractivity contribution >= 4 is 11.6 Å². The number of alkyl halides is 2. The quantitative estimate of drug-likeness (QED) is 0.640. The van der Waals surface area contributed by atoms with Crippen LogP contribution in [0, 0.1) is 5.92 Å². The number of aliphatic imine (C=N–C) groups is 1. The Balaban J connectivity index is 1.92. The number of benzene rings is 1. The van der Waals surface area contributed by atoms with Gasteiger partial charge in [-0.25, -0.2) is 13.8 Å². The molecule has 0 amide bonds. The largest absolute Gasteiger partial charge is 0.370 e. The Bertz CT molecular complexity index is 471. The third kappa shape index (κ3) is 3.68. The van der Waals surface area contributed by atoms with E-state index < -0.39 is 12.3 Å². The lowest BCUT2D eigenvalue weighted by atomic mass is 9.99. The molecule has 3 nitrogen and oxygen atoms in total. The van der Waals surface area contributed by atoms with Crippen LogP contribution >= 0.6 is 0 Å². The molecule has 0 spiro atoms. The maximum atomic E-state index is 12.4. The summed E-state index contributed by atoms with van der Waals surface area (Å²) in [7, 11) is 0. The minimum Gasteiger partial charge on any atom is -0.370 e. The van der Waals surface area contributed by atoms with Crippen LogP contribution in [0.5, 0.6) is 0 Å². The Morgan fingerprint density at radius 2 is 2.05 bits per heavy atom. The maximum Gasteiger partial charge on any atom is 0.243 e. The van der Waals surface area contributed by atoms with Crippen LogP contribution in [0.3, 0.4) is 0 Å². The molecule has 110 valence electrons. The summed E-state index contributed by atoms with van der Waals surface area (Å²) < 4.78 is 24.7. The highest BCUT2D eigenvalue weighted by Crippen LogP contribution is 2.38. The Labute approximate surface area is 118 Å². The zero-order valence-corrected chi connectivity index (χ0v) is 11.8. The minimum absolute atomic E-state index is 0.203. The van der Waals surface area contributed by atoms with E-state index in [-0.39, 0.29) is 12.0 Å². The fourth-order valence-corrected chi connectivity index (χ4v) is 2.11. The van der Waals surface area contributed by atoms with E-state index in [2.05, 4.69) is 24.2 Å². The second kappa shape index (κ2) is 6.20. The second-order valence-electron chi connectivity index (χ2n) is 5.37. The minimum atomic E-state index is -2.30. The normalized spacial score (nSPS) is 23.8. The van der Waals surface area contributed by atoms with Crippen LogP contribution in [-0.4, -0.2) is 18.4 Å². The lowest BCUT2D eigenvalue weighted by molar-refractivity contribution is 0.121. The molecule has 5 heteroatoms. The van der Waals surface area contributed by atoms with Crippen LogP contribution in [-0.2, 0) is 0 Å². The van der Waals surface area contributed by atoms with Crippen molar-refractivity contribution in [2.75, 3.05) is 5.32 Å². The van der Waals surface area contributed by atoms with Crippen LogP contribution in [0.2, 0.25) is 0 Å². The topological polar surface area (TPSA) is 50.4 Å². The number of nitrogens with one attached hydrogen (secondary N) is 1. The summed E-state index contributed by atoms with van der Waals surface area (Å²) in [6.07, 6.45) is -0.786. The molecular weight excluding hydrogens is 260 g/mol. The number of rotatable bonds is 5. The molecule has 1 aliphatic rings. The summed E-state index contributed by atoms with van der Waals surface area (Å²) in [5.41, 5.74) is 7.83. The number of halogens is 2.